The highest BCUT2D eigenvalue weighted by Gasteiger charge is 2.22. The number of carbonyl (C=O) groups excluding carboxylic acids is 1. The maximum Gasteiger partial charge on any atom is 0.257 e. The highest BCUT2D eigenvalue weighted by molar-refractivity contribution is 7.22. The number of benzene rings is 2. The number of ether oxygens (including phenoxy) is 1. The lowest BCUT2D eigenvalue weighted by atomic mass is 9.84. The minimum absolute atomic E-state index is 0.299. The van der Waals surface area contributed by atoms with Gasteiger partial charge in [0.2, 0.25) is 0 Å². The molecule has 1 amide bonds. The van der Waals surface area contributed by atoms with Crippen LogP contribution in [0.15, 0.2) is 36.4 Å². The third kappa shape index (κ3) is 3.67. The van der Waals surface area contributed by atoms with Crippen molar-refractivity contribution in [1.82, 2.24) is 4.98 Å². The Morgan fingerprint density at radius 1 is 1.15 bits per heavy atom. The molecule has 0 unspecified atom stereocenters. The molecule has 0 bridgehead atoms. The Morgan fingerprint density at radius 3 is 2.59 bits per heavy atom. The summed E-state index contributed by atoms with van der Waals surface area (Å²) in [6.45, 7) is 0. The lowest BCUT2D eigenvalue weighted by Gasteiger charge is -2.22. The molecular weight excluding hydrogens is 363 g/mol. The van der Waals surface area contributed by atoms with Gasteiger partial charge in [-0.05, 0) is 54.7 Å². The molecule has 6 heteroatoms. The lowest BCUT2D eigenvalue weighted by molar-refractivity contribution is 0.102. The minimum Gasteiger partial charge on any atom is -0.494 e. The molecule has 1 heterocycles. The maximum atomic E-state index is 13.1. The van der Waals surface area contributed by atoms with Crippen LogP contribution in [0.5, 0.6) is 5.75 Å². The molecule has 0 atom stereocenters. The second-order valence-corrected chi connectivity index (χ2v) is 7.85. The molecule has 1 aliphatic carbocycles. The third-order valence-corrected chi connectivity index (χ3v) is 6.15. The quantitative estimate of drug-likeness (QED) is 0.624. The zero-order valence-corrected chi connectivity index (χ0v) is 15.9. The normalized spacial score (nSPS) is 15.0. The van der Waals surface area contributed by atoms with Crippen LogP contribution in [0.4, 0.5) is 9.52 Å². The number of fused-ring (bicyclic) bond motifs is 1. The fourth-order valence-corrected chi connectivity index (χ4v) is 4.80. The van der Waals surface area contributed by atoms with Gasteiger partial charge in [0.1, 0.15) is 17.1 Å². The lowest BCUT2D eigenvalue weighted by Crippen LogP contribution is -2.11. The zero-order valence-electron chi connectivity index (χ0n) is 15.1. The van der Waals surface area contributed by atoms with Crippen molar-refractivity contribution in [3.05, 3.63) is 53.3 Å². The Morgan fingerprint density at radius 2 is 1.89 bits per heavy atom. The first-order valence-corrected chi connectivity index (χ1v) is 10.0. The molecule has 0 saturated heterocycles. The van der Waals surface area contributed by atoms with E-state index in [1.165, 1.54) is 73.3 Å². The van der Waals surface area contributed by atoms with E-state index in [0.29, 0.717) is 22.4 Å². The van der Waals surface area contributed by atoms with Gasteiger partial charge < -0.3 is 4.74 Å². The van der Waals surface area contributed by atoms with E-state index >= 15 is 0 Å². The average molecular weight is 384 g/mol. The fraction of sp³-hybridized carbons (Fsp3) is 0.333. The first-order valence-electron chi connectivity index (χ1n) is 9.20. The monoisotopic (exact) mass is 384 g/mol. The van der Waals surface area contributed by atoms with Crippen molar-refractivity contribution in [2.45, 2.75) is 38.0 Å². The van der Waals surface area contributed by atoms with Gasteiger partial charge in [-0.3, -0.25) is 10.1 Å². The van der Waals surface area contributed by atoms with E-state index in [1.54, 1.807) is 7.11 Å². The Kier molecular flexibility index (Phi) is 5.07. The topological polar surface area (TPSA) is 51.2 Å². The van der Waals surface area contributed by atoms with E-state index in [9.17, 15) is 9.18 Å². The number of carbonyl (C=O) groups is 1. The van der Waals surface area contributed by atoms with Crippen LogP contribution in [-0.2, 0) is 0 Å². The molecule has 1 aliphatic rings. The number of rotatable bonds is 4. The van der Waals surface area contributed by atoms with E-state index in [0.717, 1.165) is 10.2 Å². The van der Waals surface area contributed by atoms with Gasteiger partial charge >= 0.3 is 0 Å². The van der Waals surface area contributed by atoms with Crippen LogP contribution in [0, 0.1) is 5.82 Å². The van der Waals surface area contributed by atoms with Gasteiger partial charge in [0, 0.05) is 5.56 Å². The summed E-state index contributed by atoms with van der Waals surface area (Å²) < 4.78 is 19.6. The number of nitrogens with one attached hydrogen (secondary N) is 1. The van der Waals surface area contributed by atoms with Crippen molar-refractivity contribution >= 4 is 32.6 Å². The summed E-state index contributed by atoms with van der Waals surface area (Å²) in [4.78, 5) is 17.1. The van der Waals surface area contributed by atoms with Crippen LogP contribution in [0.2, 0.25) is 0 Å². The number of nitrogens with zero attached hydrogens (tertiary/aromatic N) is 1. The molecule has 3 aromatic rings. The van der Waals surface area contributed by atoms with Gasteiger partial charge in [-0.1, -0.05) is 36.7 Å². The molecule has 27 heavy (non-hydrogen) atoms. The van der Waals surface area contributed by atoms with Gasteiger partial charge in [0.25, 0.3) is 5.91 Å². The maximum absolute atomic E-state index is 13.1. The number of thiazole rings is 1. The van der Waals surface area contributed by atoms with Crippen LogP contribution >= 0.6 is 11.3 Å². The summed E-state index contributed by atoms with van der Waals surface area (Å²) in [5.41, 5.74) is 2.49. The summed E-state index contributed by atoms with van der Waals surface area (Å²) in [7, 11) is 1.63. The van der Waals surface area contributed by atoms with Gasteiger partial charge in [-0.15, -0.1) is 0 Å². The molecule has 1 saturated carbocycles. The predicted molar refractivity (Wildman–Crippen MR) is 106 cm³/mol. The largest absolute Gasteiger partial charge is 0.494 e. The van der Waals surface area contributed by atoms with E-state index < -0.39 is 0 Å². The second-order valence-electron chi connectivity index (χ2n) is 6.85. The highest BCUT2D eigenvalue weighted by Crippen LogP contribution is 2.42. The first-order chi connectivity index (χ1) is 13.2. The first kappa shape index (κ1) is 17.9. The summed E-state index contributed by atoms with van der Waals surface area (Å²) in [5.74, 6) is 0.581. The molecule has 4 nitrogen and oxygen atoms in total. The Balaban J connectivity index is 1.67. The number of amides is 1. The standard InChI is InChI=1S/C21H21FN2O2S/c1-26-17-12-11-16(13-5-3-2-4-6-13)19-18(17)23-21(27-19)24-20(25)14-7-9-15(22)10-8-14/h7-13H,2-6H2,1H3,(H,23,24,25). The summed E-state index contributed by atoms with van der Waals surface area (Å²) in [5, 5.41) is 3.37. The number of anilines is 1. The molecule has 0 aliphatic heterocycles. The van der Waals surface area contributed by atoms with Crippen molar-refractivity contribution < 1.29 is 13.9 Å². The van der Waals surface area contributed by atoms with Gasteiger partial charge in [-0.2, -0.15) is 0 Å². The molecule has 4 rings (SSSR count). The molecule has 1 aromatic heterocycles. The Labute approximate surface area is 161 Å². The Bertz CT molecular complexity index is 962. The van der Waals surface area contributed by atoms with Crippen LogP contribution in [-0.4, -0.2) is 18.0 Å². The molecule has 0 radical (unpaired) electrons. The van der Waals surface area contributed by atoms with E-state index in [4.69, 9.17) is 4.74 Å². The second kappa shape index (κ2) is 7.64. The molecular formula is C21H21FN2O2S. The van der Waals surface area contributed by atoms with Crippen molar-refractivity contribution in [2.75, 3.05) is 12.4 Å². The average Bonchev–Trinajstić information content (AvgIpc) is 3.11. The van der Waals surface area contributed by atoms with Gasteiger partial charge in [-0.25, -0.2) is 9.37 Å². The summed E-state index contributed by atoms with van der Waals surface area (Å²) in [6.07, 6.45) is 6.20. The zero-order chi connectivity index (χ0) is 18.8. The third-order valence-electron chi connectivity index (χ3n) is 5.13. The number of hydrogen-bond donors (Lipinski definition) is 1. The van der Waals surface area contributed by atoms with E-state index in [2.05, 4.69) is 16.4 Å². The number of aromatic nitrogens is 1. The highest BCUT2D eigenvalue weighted by atomic mass is 32.1. The smallest absolute Gasteiger partial charge is 0.257 e. The van der Waals surface area contributed by atoms with Crippen molar-refractivity contribution in [3.63, 3.8) is 0 Å². The van der Waals surface area contributed by atoms with Crippen molar-refractivity contribution in [1.29, 1.82) is 0 Å². The molecule has 1 N–H and O–H groups in total. The molecule has 1 fully saturated rings. The van der Waals surface area contributed by atoms with Gasteiger partial charge in [0.05, 0.1) is 11.8 Å². The minimum atomic E-state index is -0.367. The summed E-state index contributed by atoms with van der Waals surface area (Å²) in [6, 6.07) is 9.59. The van der Waals surface area contributed by atoms with Crippen molar-refractivity contribution in [2.24, 2.45) is 0 Å². The SMILES string of the molecule is COc1ccc(C2CCCCC2)c2sc(NC(=O)c3ccc(F)cc3)nc12. The number of halogens is 1. The summed E-state index contributed by atoms with van der Waals surface area (Å²) >= 11 is 1.48. The van der Waals surface area contributed by atoms with Crippen LogP contribution < -0.4 is 10.1 Å². The molecule has 0 spiro atoms. The van der Waals surface area contributed by atoms with Gasteiger partial charge in [0.15, 0.2) is 5.13 Å². The van der Waals surface area contributed by atoms with Crippen LogP contribution in [0.25, 0.3) is 10.2 Å². The van der Waals surface area contributed by atoms with Crippen LogP contribution in [0.1, 0.15) is 53.9 Å². The van der Waals surface area contributed by atoms with Crippen molar-refractivity contribution in [3.8, 4) is 5.75 Å². The molecule has 2 aromatic carbocycles. The number of methoxy groups -OCH3 is 1. The number of hydrogen-bond acceptors (Lipinski definition) is 4. The van der Waals surface area contributed by atoms with Crippen LogP contribution in [0.3, 0.4) is 0 Å². The van der Waals surface area contributed by atoms with E-state index in [-0.39, 0.29) is 11.7 Å². The van der Waals surface area contributed by atoms with E-state index in [1.807, 2.05) is 6.07 Å². The Hall–Kier alpha value is -2.47. The molecule has 140 valence electrons. The predicted octanol–water partition coefficient (Wildman–Crippen LogP) is 5.74. The fourth-order valence-electron chi connectivity index (χ4n) is 3.73.